The van der Waals surface area contributed by atoms with E-state index in [1.54, 1.807) is 0 Å². The van der Waals surface area contributed by atoms with Crippen LogP contribution in [0.5, 0.6) is 0 Å². The van der Waals surface area contributed by atoms with Crippen molar-refractivity contribution in [1.82, 2.24) is 9.78 Å². The van der Waals surface area contributed by atoms with E-state index in [1.165, 1.54) is 0 Å². The highest BCUT2D eigenvalue weighted by atomic mass is 16.6. The molecule has 1 fully saturated rings. The highest BCUT2D eigenvalue weighted by Gasteiger charge is 2.25. The molecule has 0 radical (unpaired) electrons. The lowest BCUT2D eigenvalue weighted by Crippen LogP contribution is -2.39. The van der Waals surface area contributed by atoms with Crippen LogP contribution in [0.2, 0.25) is 0 Å². The molecule has 5 nitrogen and oxygen atoms in total. The minimum Gasteiger partial charge on any atom is -0.390 e. The molecule has 1 N–H and O–H groups in total. The van der Waals surface area contributed by atoms with E-state index < -0.39 is 6.10 Å². The van der Waals surface area contributed by atoms with Gasteiger partial charge in [-0.3, -0.25) is 4.68 Å². The monoisotopic (exact) mass is 262 g/mol. The molecule has 0 spiro atoms. The second-order valence-corrected chi connectivity index (χ2v) is 4.84. The zero-order valence-corrected chi connectivity index (χ0v) is 11.0. The Morgan fingerprint density at radius 3 is 3.05 bits per heavy atom. The number of para-hydroxylation sites is 1. The van der Waals surface area contributed by atoms with Crippen molar-refractivity contribution in [3.63, 3.8) is 0 Å². The Hall–Kier alpha value is -1.43. The van der Waals surface area contributed by atoms with Crippen LogP contribution in [0, 0.1) is 0 Å². The van der Waals surface area contributed by atoms with Gasteiger partial charge in [-0.1, -0.05) is 18.2 Å². The van der Waals surface area contributed by atoms with E-state index >= 15 is 0 Å². The zero-order valence-electron chi connectivity index (χ0n) is 11.0. The number of aliphatic hydroxyl groups is 1. The maximum Gasteiger partial charge on any atom is 0.107 e. The van der Waals surface area contributed by atoms with E-state index in [4.69, 9.17) is 9.47 Å². The van der Waals surface area contributed by atoms with Crippen molar-refractivity contribution in [2.24, 2.45) is 7.05 Å². The summed E-state index contributed by atoms with van der Waals surface area (Å²) in [6, 6.07) is 8.03. The molecule has 2 atom stereocenters. The molecule has 0 amide bonds. The van der Waals surface area contributed by atoms with Crippen LogP contribution in [-0.4, -0.2) is 46.9 Å². The van der Waals surface area contributed by atoms with Crippen molar-refractivity contribution in [3.8, 4) is 0 Å². The molecule has 3 rings (SSSR count). The molecule has 2 unspecified atom stereocenters. The molecule has 1 aromatic heterocycles. The van der Waals surface area contributed by atoms with Gasteiger partial charge in [0.2, 0.25) is 0 Å². The summed E-state index contributed by atoms with van der Waals surface area (Å²) in [6.45, 7) is 1.60. The van der Waals surface area contributed by atoms with Crippen molar-refractivity contribution >= 4 is 10.9 Å². The molecule has 102 valence electrons. The van der Waals surface area contributed by atoms with Crippen LogP contribution in [0.4, 0.5) is 0 Å². The van der Waals surface area contributed by atoms with Crippen molar-refractivity contribution in [2.75, 3.05) is 19.8 Å². The predicted octanol–water partition coefficient (Wildman–Crippen LogP) is 0.892. The van der Waals surface area contributed by atoms with E-state index in [0.29, 0.717) is 26.2 Å². The lowest BCUT2D eigenvalue weighted by atomic mass is 10.1. The molecule has 2 heterocycles. The van der Waals surface area contributed by atoms with Crippen molar-refractivity contribution in [2.45, 2.75) is 18.6 Å². The standard InChI is InChI=1S/C14H18N2O3/c1-16-12-5-3-2-4-10(12)11(15-16)8-13(17)14-9-18-6-7-19-14/h2-5,13-14,17H,6-9H2,1H3. The number of aromatic nitrogens is 2. The van der Waals surface area contributed by atoms with Gasteiger partial charge in [-0.15, -0.1) is 0 Å². The third-order valence-corrected chi connectivity index (χ3v) is 3.51. The Balaban J connectivity index is 1.81. The third-order valence-electron chi connectivity index (χ3n) is 3.51. The highest BCUT2D eigenvalue weighted by Crippen LogP contribution is 2.20. The fraction of sp³-hybridized carbons (Fsp3) is 0.500. The smallest absolute Gasteiger partial charge is 0.107 e. The molecule has 0 saturated carbocycles. The maximum absolute atomic E-state index is 10.2. The molecule has 5 heteroatoms. The van der Waals surface area contributed by atoms with Crippen molar-refractivity contribution < 1.29 is 14.6 Å². The number of benzene rings is 1. The quantitative estimate of drug-likeness (QED) is 0.892. The third kappa shape index (κ3) is 2.49. The number of fused-ring (bicyclic) bond motifs is 1. The number of aryl methyl sites for hydroxylation is 1. The Morgan fingerprint density at radius 2 is 2.26 bits per heavy atom. The first kappa shape index (κ1) is 12.6. The molecule has 19 heavy (non-hydrogen) atoms. The normalized spacial score (nSPS) is 21.7. The maximum atomic E-state index is 10.2. The topological polar surface area (TPSA) is 56.5 Å². The van der Waals surface area contributed by atoms with Gasteiger partial charge < -0.3 is 14.6 Å². The second kappa shape index (κ2) is 5.28. The first-order chi connectivity index (χ1) is 9.25. The molecule has 2 aromatic rings. The van der Waals surface area contributed by atoms with Crippen LogP contribution >= 0.6 is 0 Å². The van der Waals surface area contributed by atoms with Gasteiger partial charge in [0.05, 0.1) is 37.1 Å². The molecular weight excluding hydrogens is 244 g/mol. The van der Waals surface area contributed by atoms with Crippen molar-refractivity contribution in [3.05, 3.63) is 30.0 Å². The van der Waals surface area contributed by atoms with Crippen LogP contribution in [-0.2, 0) is 22.9 Å². The van der Waals surface area contributed by atoms with E-state index in [-0.39, 0.29) is 6.10 Å². The highest BCUT2D eigenvalue weighted by molar-refractivity contribution is 5.81. The van der Waals surface area contributed by atoms with Gasteiger partial charge in [0.25, 0.3) is 0 Å². The van der Waals surface area contributed by atoms with Crippen LogP contribution in [0.15, 0.2) is 24.3 Å². The van der Waals surface area contributed by atoms with E-state index in [1.807, 2.05) is 36.0 Å². The van der Waals surface area contributed by atoms with E-state index in [0.717, 1.165) is 16.6 Å². The average Bonchev–Trinajstić information content (AvgIpc) is 2.77. The number of nitrogens with zero attached hydrogens (tertiary/aromatic N) is 2. The fourth-order valence-electron chi connectivity index (χ4n) is 2.50. The molecule has 1 aliphatic rings. The molecule has 0 aliphatic carbocycles. The largest absolute Gasteiger partial charge is 0.390 e. The second-order valence-electron chi connectivity index (χ2n) is 4.84. The van der Waals surface area contributed by atoms with Gasteiger partial charge >= 0.3 is 0 Å². The van der Waals surface area contributed by atoms with Crippen molar-refractivity contribution in [1.29, 1.82) is 0 Å². The Kier molecular flexibility index (Phi) is 3.50. The average molecular weight is 262 g/mol. The van der Waals surface area contributed by atoms with Crippen LogP contribution in [0.3, 0.4) is 0 Å². The fourth-order valence-corrected chi connectivity index (χ4v) is 2.50. The summed E-state index contributed by atoms with van der Waals surface area (Å²) in [4.78, 5) is 0. The van der Waals surface area contributed by atoms with Crippen LogP contribution < -0.4 is 0 Å². The van der Waals surface area contributed by atoms with E-state index in [2.05, 4.69) is 5.10 Å². The summed E-state index contributed by atoms with van der Waals surface area (Å²) in [7, 11) is 1.92. The SMILES string of the molecule is Cn1nc(CC(O)C2COCCO2)c2ccccc21. The number of hydrogen-bond acceptors (Lipinski definition) is 4. The van der Waals surface area contributed by atoms with Gasteiger partial charge in [-0.2, -0.15) is 5.10 Å². The molecule has 1 saturated heterocycles. The van der Waals surface area contributed by atoms with Gasteiger partial charge in [0.15, 0.2) is 0 Å². The van der Waals surface area contributed by atoms with Crippen LogP contribution in [0.1, 0.15) is 5.69 Å². The summed E-state index contributed by atoms with van der Waals surface area (Å²) in [5, 5.41) is 15.8. The first-order valence-electron chi connectivity index (χ1n) is 6.54. The minimum absolute atomic E-state index is 0.255. The predicted molar refractivity (Wildman–Crippen MR) is 71.0 cm³/mol. The minimum atomic E-state index is -0.585. The number of ether oxygens (including phenoxy) is 2. The van der Waals surface area contributed by atoms with Gasteiger partial charge in [-0.05, 0) is 6.07 Å². The summed E-state index contributed by atoms with van der Waals surface area (Å²) >= 11 is 0. The molecular formula is C14H18N2O3. The molecule has 1 aliphatic heterocycles. The van der Waals surface area contributed by atoms with Gasteiger partial charge in [0.1, 0.15) is 6.10 Å². The Labute approximate surface area is 111 Å². The Morgan fingerprint density at radius 1 is 1.42 bits per heavy atom. The molecule has 1 aromatic carbocycles. The Bertz CT molecular complexity index is 561. The molecule has 0 bridgehead atoms. The van der Waals surface area contributed by atoms with Gasteiger partial charge in [0, 0.05) is 18.9 Å². The first-order valence-corrected chi connectivity index (χ1v) is 6.54. The van der Waals surface area contributed by atoms with Gasteiger partial charge in [-0.25, -0.2) is 0 Å². The lowest BCUT2D eigenvalue weighted by molar-refractivity contribution is -0.131. The number of aliphatic hydroxyl groups excluding tert-OH is 1. The summed E-state index contributed by atoms with van der Waals surface area (Å²) in [5.74, 6) is 0. The zero-order chi connectivity index (χ0) is 13.2. The number of hydrogen-bond donors (Lipinski definition) is 1. The summed E-state index contributed by atoms with van der Waals surface area (Å²) in [5.41, 5.74) is 1.98. The summed E-state index contributed by atoms with van der Waals surface area (Å²) < 4.78 is 12.7. The van der Waals surface area contributed by atoms with E-state index in [9.17, 15) is 5.11 Å². The summed E-state index contributed by atoms with van der Waals surface area (Å²) in [6.07, 6.45) is -0.358. The number of rotatable bonds is 3. The van der Waals surface area contributed by atoms with Crippen LogP contribution in [0.25, 0.3) is 10.9 Å². The lowest BCUT2D eigenvalue weighted by Gasteiger charge is -2.26.